The Morgan fingerprint density at radius 2 is 1.90 bits per heavy atom. The Kier molecular flexibility index (Phi) is 4.44. The molecule has 0 spiro atoms. The molecular weight excluding hydrogens is 264 g/mol. The molecular formula is C17H24N2O2. The van der Waals surface area contributed by atoms with Crippen LogP contribution in [0, 0.1) is 5.92 Å². The van der Waals surface area contributed by atoms with Crippen LogP contribution in [0.3, 0.4) is 0 Å². The van der Waals surface area contributed by atoms with Gasteiger partial charge in [0.05, 0.1) is 6.42 Å². The van der Waals surface area contributed by atoms with E-state index >= 15 is 0 Å². The summed E-state index contributed by atoms with van der Waals surface area (Å²) >= 11 is 0. The molecule has 4 nitrogen and oxygen atoms in total. The molecule has 0 aromatic heterocycles. The smallest absolute Gasteiger partial charge is 0.227 e. The Bertz CT molecular complexity index is 491. The number of phenols is 1. The molecule has 1 aromatic rings. The van der Waals surface area contributed by atoms with E-state index in [4.69, 9.17) is 0 Å². The van der Waals surface area contributed by atoms with Crippen LogP contribution in [0.4, 0.5) is 0 Å². The number of aromatic hydroxyl groups is 1. The molecule has 1 aliphatic heterocycles. The van der Waals surface area contributed by atoms with Gasteiger partial charge in [0.1, 0.15) is 5.75 Å². The quantitative estimate of drug-likeness (QED) is 0.870. The minimum absolute atomic E-state index is 0.122. The van der Waals surface area contributed by atoms with Gasteiger partial charge in [-0.25, -0.2) is 0 Å². The number of carbonyl (C=O) groups is 1. The van der Waals surface area contributed by atoms with Crippen molar-refractivity contribution < 1.29 is 9.90 Å². The Hall–Kier alpha value is -1.55. The fourth-order valence-corrected chi connectivity index (χ4v) is 2.92. The molecule has 0 unspecified atom stereocenters. The largest absolute Gasteiger partial charge is 0.508 e. The van der Waals surface area contributed by atoms with Gasteiger partial charge in [0.15, 0.2) is 0 Å². The zero-order chi connectivity index (χ0) is 14.7. The van der Waals surface area contributed by atoms with E-state index in [9.17, 15) is 9.90 Å². The van der Waals surface area contributed by atoms with Gasteiger partial charge in [-0.2, -0.15) is 0 Å². The Labute approximate surface area is 126 Å². The van der Waals surface area contributed by atoms with E-state index in [0.717, 1.165) is 44.0 Å². The van der Waals surface area contributed by atoms with Gasteiger partial charge in [-0.15, -0.1) is 0 Å². The molecule has 1 aromatic carbocycles. The van der Waals surface area contributed by atoms with Gasteiger partial charge in [-0.1, -0.05) is 18.2 Å². The van der Waals surface area contributed by atoms with Crippen molar-refractivity contribution >= 4 is 5.91 Å². The van der Waals surface area contributed by atoms with E-state index in [1.54, 1.807) is 12.1 Å². The fourth-order valence-electron chi connectivity index (χ4n) is 2.92. The molecule has 0 radical (unpaired) electrons. The van der Waals surface area contributed by atoms with Gasteiger partial charge in [-0.3, -0.25) is 4.79 Å². The summed E-state index contributed by atoms with van der Waals surface area (Å²) in [5, 5.41) is 13.4. The van der Waals surface area contributed by atoms with E-state index in [0.29, 0.717) is 12.5 Å². The lowest BCUT2D eigenvalue weighted by molar-refractivity contribution is -0.131. The van der Waals surface area contributed by atoms with Crippen molar-refractivity contribution in [3.05, 3.63) is 29.8 Å². The van der Waals surface area contributed by atoms with E-state index in [-0.39, 0.29) is 11.7 Å². The summed E-state index contributed by atoms with van der Waals surface area (Å²) < 4.78 is 0. The lowest BCUT2D eigenvalue weighted by Crippen LogP contribution is -2.45. The summed E-state index contributed by atoms with van der Waals surface area (Å²) in [5.41, 5.74) is 0.719. The van der Waals surface area contributed by atoms with Gasteiger partial charge in [-0.05, 0) is 44.2 Å². The standard InChI is InChI=1S/C17H24N2O2/c20-16-4-2-1-3-14(16)11-17(21)19-9-7-15(8-10-19)18-12-13-5-6-13/h1-4,13,15,18,20H,5-12H2. The van der Waals surface area contributed by atoms with Crippen LogP contribution in [0.1, 0.15) is 31.2 Å². The number of piperidine rings is 1. The van der Waals surface area contributed by atoms with Crippen molar-refractivity contribution in [2.45, 2.75) is 38.1 Å². The molecule has 3 rings (SSSR count). The summed E-state index contributed by atoms with van der Waals surface area (Å²) in [7, 11) is 0. The number of hydrogen-bond acceptors (Lipinski definition) is 3. The van der Waals surface area contributed by atoms with Crippen molar-refractivity contribution in [3.8, 4) is 5.75 Å². The number of rotatable bonds is 5. The molecule has 1 saturated heterocycles. The molecule has 2 fully saturated rings. The number of carbonyl (C=O) groups excluding carboxylic acids is 1. The third-order valence-electron chi connectivity index (χ3n) is 4.57. The molecule has 0 bridgehead atoms. The minimum atomic E-state index is 0.122. The normalized spacial score (nSPS) is 19.7. The highest BCUT2D eigenvalue weighted by Crippen LogP contribution is 2.28. The SMILES string of the molecule is O=C(Cc1ccccc1O)N1CCC(NCC2CC2)CC1. The van der Waals surface area contributed by atoms with Crippen LogP contribution >= 0.6 is 0 Å². The summed E-state index contributed by atoms with van der Waals surface area (Å²) in [6.07, 6.45) is 5.14. The monoisotopic (exact) mass is 288 g/mol. The lowest BCUT2D eigenvalue weighted by Gasteiger charge is -2.32. The Balaban J connectivity index is 1.45. The van der Waals surface area contributed by atoms with Crippen molar-refractivity contribution in [1.82, 2.24) is 10.2 Å². The number of hydrogen-bond donors (Lipinski definition) is 2. The van der Waals surface area contributed by atoms with E-state index in [1.165, 1.54) is 12.8 Å². The molecule has 1 saturated carbocycles. The van der Waals surface area contributed by atoms with Crippen molar-refractivity contribution in [3.63, 3.8) is 0 Å². The molecule has 114 valence electrons. The van der Waals surface area contributed by atoms with E-state index in [1.807, 2.05) is 17.0 Å². The third-order valence-corrected chi connectivity index (χ3v) is 4.57. The van der Waals surface area contributed by atoms with Crippen LogP contribution in [-0.4, -0.2) is 41.6 Å². The second kappa shape index (κ2) is 6.48. The molecule has 1 amide bonds. The van der Waals surface area contributed by atoms with Crippen LogP contribution in [0.5, 0.6) is 5.75 Å². The highest BCUT2D eigenvalue weighted by atomic mass is 16.3. The van der Waals surface area contributed by atoms with Gasteiger partial charge >= 0.3 is 0 Å². The number of para-hydroxylation sites is 1. The predicted molar refractivity (Wildman–Crippen MR) is 82.1 cm³/mol. The number of amides is 1. The van der Waals surface area contributed by atoms with Crippen LogP contribution in [-0.2, 0) is 11.2 Å². The van der Waals surface area contributed by atoms with Gasteiger partial charge in [0.2, 0.25) is 5.91 Å². The maximum absolute atomic E-state index is 12.3. The van der Waals surface area contributed by atoms with Gasteiger partial charge < -0.3 is 15.3 Å². The summed E-state index contributed by atoms with van der Waals surface area (Å²) in [6.45, 7) is 2.81. The molecule has 4 heteroatoms. The average molecular weight is 288 g/mol. The fraction of sp³-hybridized carbons (Fsp3) is 0.588. The Morgan fingerprint density at radius 3 is 2.57 bits per heavy atom. The first-order valence-electron chi connectivity index (χ1n) is 8.00. The number of likely N-dealkylation sites (tertiary alicyclic amines) is 1. The second-order valence-electron chi connectivity index (χ2n) is 6.31. The summed E-state index contributed by atoms with van der Waals surface area (Å²) in [6, 6.07) is 7.66. The predicted octanol–water partition coefficient (Wildman–Crippen LogP) is 1.93. The maximum atomic E-state index is 12.3. The zero-order valence-electron chi connectivity index (χ0n) is 12.4. The van der Waals surface area contributed by atoms with Crippen LogP contribution in [0.15, 0.2) is 24.3 Å². The molecule has 0 atom stereocenters. The maximum Gasteiger partial charge on any atom is 0.227 e. The lowest BCUT2D eigenvalue weighted by atomic mass is 10.0. The molecule has 1 heterocycles. The van der Waals surface area contributed by atoms with Crippen molar-refractivity contribution in [2.75, 3.05) is 19.6 Å². The molecule has 1 aliphatic carbocycles. The molecule has 21 heavy (non-hydrogen) atoms. The number of phenolic OH excluding ortho intramolecular Hbond substituents is 1. The summed E-state index contributed by atoms with van der Waals surface area (Å²) in [5.74, 6) is 1.25. The summed E-state index contributed by atoms with van der Waals surface area (Å²) in [4.78, 5) is 14.2. The van der Waals surface area contributed by atoms with Crippen molar-refractivity contribution in [2.24, 2.45) is 5.92 Å². The molecule has 2 N–H and O–H groups in total. The highest BCUT2D eigenvalue weighted by molar-refractivity contribution is 5.79. The first kappa shape index (κ1) is 14.4. The third kappa shape index (κ3) is 3.97. The van der Waals surface area contributed by atoms with Crippen LogP contribution < -0.4 is 5.32 Å². The second-order valence-corrected chi connectivity index (χ2v) is 6.31. The number of nitrogens with zero attached hydrogens (tertiary/aromatic N) is 1. The van der Waals surface area contributed by atoms with Gasteiger partial charge in [0, 0.05) is 24.7 Å². The number of nitrogens with one attached hydrogen (secondary N) is 1. The number of benzene rings is 1. The zero-order valence-corrected chi connectivity index (χ0v) is 12.4. The van der Waals surface area contributed by atoms with Crippen LogP contribution in [0.2, 0.25) is 0 Å². The first-order valence-corrected chi connectivity index (χ1v) is 8.00. The van der Waals surface area contributed by atoms with Crippen LogP contribution in [0.25, 0.3) is 0 Å². The average Bonchev–Trinajstić information content (AvgIpc) is 3.32. The molecule has 2 aliphatic rings. The first-order chi connectivity index (χ1) is 10.2. The topological polar surface area (TPSA) is 52.6 Å². The van der Waals surface area contributed by atoms with E-state index < -0.39 is 0 Å². The van der Waals surface area contributed by atoms with Gasteiger partial charge in [0.25, 0.3) is 0 Å². The minimum Gasteiger partial charge on any atom is -0.508 e. The van der Waals surface area contributed by atoms with Crippen molar-refractivity contribution in [1.29, 1.82) is 0 Å². The highest BCUT2D eigenvalue weighted by Gasteiger charge is 2.26. The Morgan fingerprint density at radius 1 is 1.19 bits per heavy atom. The van der Waals surface area contributed by atoms with E-state index in [2.05, 4.69) is 5.32 Å².